The Hall–Kier alpha value is 0.260. The minimum Gasteiger partial charge on any atom is -0.166 e. The standard InChI is InChI=1S/C8H4Br2ClF3/c9-6-2-1-5(8(12,13)14)7(10)4(6)3-11/h1-2H,3H2. The van der Waals surface area contributed by atoms with E-state index in [1.807, 2.05) is 0 Å². The summed E-state index contributed by atoms with van der Waals surface area (Å²) in [7, 11) is 0. The van der Waals surface area contributed by atoms with Gasteiger partial charge in [-0.05, 0) is 33.6 Å². The summed E-state index contributed by atoms with van der Waals surface area (Å²) >= 11 is 11.6. The van der Waals surface area contributed by atoms with Crippen LogP contribution in [0.4, 0.5) is 13.2 Å². The Morgan fingerprint density at radius 3 is 2.21 bits per heavy atom. The van der Waals surface area contributed by atoms with Crippen LogP contribution < -0.4 is 0 Å². The zero-order valence-electron chi connectivity index (χ0n) is 6.63. The van der Waals surface area contributed by atoms with Crippen molar-refractivity contribution in [2.24, 2.45) is 0 Å². The first kappa shape index (κ1) is 12.3. The lowest BCUT2D eigenvalue weighted by Gasteiger charge is -2.12. The van der Waals surface area contributed by atoms with E-state index in [4.69, 9.17) is 11.6 Å². The molecular weight excluding hydrogens is 348 g/mol. The summed E-state index contributed by atoms with van der Waals surface area (Å²) in [5.74, 6) is 0.0189. The molecule has 1 aromatic carbocycles. The van der Waals surface area contributed by atoms with E-state index in [9.17, 15) is 13.2 Å². The van der Waals surface area contributed by atoms with Crippen molar-refractivity contribution in [1.82, 2.24) is 0 Å². The highest BCUT2D eigenvalue weighted by Gasteiger charge is 2.33. The molecule has 0 saturated heterocycles. The number of alkyl halides is 4. The molecule has 1 aromatic rings. The van der Waals surface area contributed by atoms with Crippen molar-refractivity contribution in [1.29, 1.82) is 0 Å². The highest BCUT2D eigenvalue weighted by atomic mass is 79.9. The fraction of sp³-hybridized carbons (Fsp3) is 0.250. The normalized spacial score (nSPS) is 11.9. The Morgan fingerprint density at radius 2 is 1.79 bits per heavy atom. The summed E-state index contributed by atoms with van der Waals surface area (Å²) in [5, 5.41) is 0. The van der Waals surface area contributed by atoms with Crippen LogP contribution in [0.1, 0.15) is 11.1 Å². The first-order chi connectivity index (χ1) is 6.38. The molecule has 0 nitrogen and oxygen atoms in total. The molecule has 0 spiro atoms. The van der Waals surface area contributed by atoms with Crippen LogP contribution in [0.25, 0.3) is 0 Å². The first-order valence-corrected chi connectivity index (χ1v) is 5.60. The van der Waals surface area contributed by atoms with Gasteiger partial charge in [0.2, 0.25) is 0 Å². The van der Waals surface area contributed by atoms with E-state index in [-0.39, 0.29) is 10.4 Å². The molecule has 0 amide bonds. The van der Waals surface area contributed by atoms with Crippen molar-refractivity contribution in [3.05, 3.63) is 32.2 Å². The van der Waals surface area contributed by atoms with Crippen LogP contribution in [0, 0.1) is 0 Å². The molecule has 6 heteroatoms. The average molecular weight is 352 g/mol. The molecule has 0 fully saturated rings. The van der Waals surface area contributed by atoms with Crippen molar-refractivity contribution >= 4 is 43.5 Å². The molecule has 0 aromatic heterocycles. The van der Waals surface area contributed by atoms with E-state index >= 15 is 0 Å². The van der Waals surface area contributed by atoms with Crippen LogP contribution in [0.3, 0.4) is 0 Å². The highest BCUT2D eigenvalue weighted by molar-refractivity contribution is 9.11. The molecular formula is C8H4Br2ClF3. The maximum Gasteiger partial charge on any atom is 0.417 e. The molecule has 1 rings (SSSR count). The molecule has 0 aliphatic carbocycles. The molecule has 0 saturated carbocycles. The third kappa shape index (κ3) is 2.44. The fourth-order valence-corrected chi connectivity index (χ4v) is 2.99. The Kier molecular flexibility index (Phi) is 3.88. The maximum absolute atomic E-state index is 12.4. The third-order valence-electron chi connectivity index (χ3n) is 1.63. The summed E-state index contributed by atoms with van der Waals surface area (Å²) in [6, 6.07) is 2.34. The lowest BCUT2D eigenvalue weighted by Crippen LogP contribution is -2.07. The van der Waals surface area contributed by atoms with Gasteiger partial charge in [0, 0.05) is 14.8 Å². The van der Waals surface area contributed by atoms with Crippen LogP contribution in [0.15, 0.2) is 21.1 Å². The predicted molar refractivity (Wildman–Crippen MR) is 56.4 cm³/mol. The maximum atomic E-state index is 12.4. The van der Waals surface area contributed by atoms with Gasteiger partial charge in [0.1, 0.15) is 0 Å². The number of halogens is 6. The SMILES string of the molecule is FC(F)(F)c1ccc(Br)c(CCl)c1Br. The Labute approximate surface area is 101 Å². The van der Waals surface area contributed by atoms with Crippen molar-refractivity contribution < 1.29 is 13.2 Å². The molecule has 78 valence electrons. The molecule has 0 heterocycles. The molecule has 0 radical (unpaired) electrons. The third-order valence-corrected chi connectivity index (χ3v) is 3.54. The summed E-state index contributed by atoms with van der Waals surface area (Å²) < 4.78 is 37.8. The minimum atomic E-state index is -4.36. The van der Waals surface area contributed by atoms with Gasteiger partial charge in [0.15, 0.2) is 0 Å². The Bertz CT molecular complexity index is 349. The van der Waals surface area contributed by atoms with Crippen molar-refractivity contribution in [2.45, 2.75) is 12.1 Å². The van der Waals surface area contributed by atoms with Crippen LogP contribution >= 0.6 is 43.5 Å². The number of benzene rings is 1. The number of hydrogen-bond donors (Lipinski definition) is 0. The van der Waals surface area contributed by atoms with E-state index in [1.54, 1.807) is 0 Å². The van der Waals surface area contributed by atoms with E-state index in [0.717, 1.165) is 6.07 Å². The molecule has 14 heavy (non-hydrogen) atoms. The van der Waals surface area contributed by atoms with E-state index in [2.05, 4.69) is 31.9 Å². The van der Waals surface area contributed by atoms with Crippen molar-refractivity contribution in [3.63, 3.8) is 0 Å². The van der Waals surface area contributed by atoms with Gasteiger partial charge in [-0.3, -0.25) is 0 Å². The largest absolute Gasteiger partial charge is 0.417 e. The first-order valence-electron chi connectivity index (χ1n) is 3.48. The lowest BCUT2D eigenvalue weighted by atomic mass is 10.1. The van der Waals surface area contributed by atoms with Crippen molar-refractivity contribution in [2.75, 3.05) is 0 Å². The molecule has 0 unspecified atom stereocenters. The van der Waals surface area contributed by atoms with Gasteiger partial charge in [-0.2, -0.15) is 13.2 Å². The lowest BCUT2D eigenvalue weighted by molar-refractivity contribution is -0.138. The predicted octanol–water partition coefficient (Wildman–Crippen LogP) is 4.97. The number of rotatable bonds is 1. The van der Waals surface area contributed by atoms with Gasteiger partial charge >= 0.3 is 6.18 Å². The Morgan fingerprint density at radius 1 is 1.21 bits per heavy atom. The van der Waals surface area contributed by atoms with Crippen LogP contribution in [-0.4, -0.2) is 0 Å². The van der Waals surface area contributed by atoms with Gasteiger partial charge < -0.3 is 0 Å². The minimum absolute atomic E-state index is 0.00521. The second-order valence-electron chi connectivity index (χ2n) is 2.52. The van der Waals surface area contributed by atoms with Gasteiger partial charge in [-0.25, -0.2) is 0 Å². The average Bonchev–Trinajstić information content (AvgIpc) is 2.02. The second kappa shape index (κ2) is 4.41. The Balaban J connectivity index is 3.36. The molecule has 0 atom stereocenters. The van der Waals surface area contributed by atoms with Crippen LogP contribution in [0.5, 0.6) is 0 Å². The molecule has 0 aliphatic heterocycles. The second-order valence-corrected chi connectivity index (χ2v) is 4.43. The molecule has 0 aliphatic rings. The van der Waals surface area contributed by atoms with Gasteiger partial charge in [-0.15, -0.1) is 11.6 Å². The van der Waals surface area contributed by atoms with E-state index in [0.29, 0.717) is 10.0 Å². The summed E-state index contributed by atoms with van der Waals surface area (Å²) in [6.45, 7) is 0. The van der Waals surface area contributed by atoms with Crippen molar-refractivity contribution in [3.8, 4) is 0 Å². The summed E-state index contributed by atoms with van der Waals surface area (Å²) in [6.07, 6.45) is -4.36. The van der Waals surface area contributed by atoms with Crippen LogP contribution in [0.2, 0.25) is 0 Å². The molecule has 0 bridgehead atoms. The van der Waals surface area contributed by atoms with Gasteiger partial charge in [-0.1, -0.05) is 15.9 Å². The summed E-state index contributed by atoms with van der Waals surface area (Å²) in [4.78, 5) is 0. The monoisotopic (exact) mass is 350 g/mol. The van der Waals surface area contributed by atoms with E-state index < -0.39 is 11.7 Å². The quantitative estimate of drug-likeness (QED) is 0.626. The van der Waals surface area contributed by atoms with Crippen LogP contribution in [-0.2, 0) is 12.1 Å². The molecule has 0 N–H and O–H groups in total. The fourth-order valence-electron chi connectivity index (χ4n) is 0.939. The zero-order chi connectivity index (χ0) is 10.9. The highest BCUT2D eigenvalue weighted by Crippen LogP contribution is 2.39. The summed E-state index contributed by atoms with van der Waals surface area (Å²) in [5.41, 5.74) is -0.308. The number of hydrogen-bond acceptors (Lipinski definition) is 0. The zero-order valence-corrected chi connectivity index (χ0v) is 10.6. The van der Waals surface area contributed by atoms with E-state index in [1.165, 1.54) is 6.07 Å². The topological polar surface area (TPSA) is 0 Å². The van der Waals surface area contributed by atoms with Gasteiger partial charge in [0.25, 0.3) is 0 Å². The smallest absolute Gasteiger partial charge is 0.166 e. The van der Waals surface area contributed by atoms with Gasteiger partial charge in [0.05, 0.1) is 5.56 Å².